The number of aromatic nitrogens is 1. The summed E-state index contributed by atoms with van der Waals surface area (Å²) in [7, 11) is 0. The average molecular weight is 259 g/mol. The standard InChI is InChI=1S/C14H17N3O2/c1-14(2)6-4-8-17(11(14)9-15)13(19)10-5-3-7-16-12(10)18/h3,5,7,11H,4,6,8H2,1-2H3,(H,16,18). The summed E-state index contributed by atoms with van der Waals surface area (Å²) in [5.41, 5.74) is -0.558. The molecule has 5 nitrogen and oxygen atoms in total. The number of H-pyrrole nitrogens is 1. The van der Waals surface area contributed by atoms with Crippen LogP contribution in [0.4, 0.5) is 0 Å². The van der Waals surface area contributed by atoms with Crippen molar-refractivity contribution in [1.82, 2.24) is 9.88 Å². The molecule has 5 heteroatoms. The lowest BCUT2D eigenvalue weighted by Gasteiger charge is -2.42. The number of carbonyl (C=O) groups is 1. The molecule has 0 aromatic carbocycles. The number of nitrogens with zero attached hydrogens (tertiary/aromatic N) is 2. The van der Waals surface area contributed by atoms with Gasteiger partial charge in [0.25, 0.3) is 11.5 Å². The van der Waals surface area contributed by atoms with Gasteiger partial charge in [-0.1, -0.05) is 13.8 Å². The third-order valence-electron chi connectivity index (χ3n) is 3.70. The molecule has 1 atom stereocenters. The van der Waals surface area contributed by atoms with Crippen molar-refractivity contribution in [2.75, 3.05) is 6.54 Å². The molecule has 0 radical (unpaired) electrons. The van der Waals surface area contributed by atoms with E-state index in [2.05, 4.69) is 11.1 Å². The summed E-state index contributed by atoms with van der Waals surface area (Å²) in [5.74, 6) is -0.360. The highest BCUT2D eigenvalue weighted by atomic mass is 16.2. The highest BCUT2D eigenvalue weighted by molar-refractivity contribution is 5.94. The zero-order valence-corrected chi connectivity index (χ0v) is 11.1. The lowest BCUT2D eigenvalue weighted by molar-refractivity contribution is 0.0436. The number of carbonyl (C=O) groups excluding carboxylic acids is 1. The fourth-order valence-electron chi connectivity index (χ4n) is 2.60. The molecule has 1 aromatic rings. The largest absolute Gasteiger partial charge is 0.328 e. The maximum absolute atomic E-state index is 12.4. The second kappa shape index (κ2) is 4.88. The van der Waals surface area contributed by atoms with E-state index in [1.54, 1.807) is 6.07 Å². The van der Waals surface area contributed by atoms with Crippen molar-refractivity contribution in [1.29, 1.82) is 5.26 Å². The molecule has 100 valence electrons. The van der Waals surface area contributed by atoms with Crippen molar-refractivity contribution < 1.29 is 4.79 Å². The molecule has 1 N–H and O–H groups in total. The number of nitriles is 1. The van der Waals surface area contributed by atoms with Crippen molar-refractivity contribution >= 4 is 5.91 Å². The Hall–Kier alpha value is -2.09. The fourth-order valence-corrected chi connectivity index (χ4v) is 2.60. The Bertz CT molecular complexity index is 583. The molecule has 1 aliphatic heterocycles. The summed E-state index contributed by atoms with van der Waals surface area (Å²) in [4.78, 5) is 28.1. The minimum atomic E-state index is -0.492. The first-order chi connectivity index (χ1) is 8.97. The molecule has 19 heavy (non-hydrogen) atoms. The highest BCUT2D eigenvalue weighted by Crippen LogP contribution is 2.35. The summed E-state index contributed by atoms with van der Waals surface area (Å²) >= 11 is 0. The second-order valence-electron chi connectivity index (χ2n) is 5.54. The van der Waals surface area contributed by atoms with E-state index in [-0.39, 0.29) is 16.9 Å². The van der Waals surface area contributed by atoms with E-state index in [0.717, 1.165) is 12.8 Å². The summed E-state index contributed by atoms with van der Waals surface area (Å²) in [6, 6.07) is 4.83. The predicted octanol–water partition coefficient (Wildman–Crippen LogP) is 1.53. The van der Waals surface area contributed by atoms with Crippen LogP contribution in [0.25, 0.3) is 0 Å². The second-order valence-corrected chi connectivity index (χ2v) is 5.54. The Kier molecular flexibility index (Phi) is 3.43. The summed E-state index contributed by atoms with van der Waals surface area (Å²) < 4.78 is 0. The van der Waals surface area contributed by atoms with Gasteiger partial charge in [-0.15, -0.1) is 0 Å². The number of amides is 1. The Morgan fingerprint density at radius 3 is 2.95 bits per heavy atom. The number of hydrogen-bond donors (Lipinski definition) is 1. The third-order valence-corrected chi connectivity index (χ3v) is 3.70. The first kappa shape index (κ1) is 13.3. The maximum Gasteiger partial charge on any atom is 0.260 e. The molecular weight excluding hydrogens is 242 g/mol. The van der Waals surface area contributed by atoms with Crippen molar-refractivity contribution in [2.45, 2.75) is 32.7 Å². The van der Waals surface area contributed by atoms with Crippen LogP contribution in [0.2, 0.25) is 0 Å². The van der Waals surface area contributed by atoms with Crippen LogP contribution >= 0.6 is 0 Å². The third kappa shape index (κ3) is 2.39. The van der Waals surface area contributed by atoms with E-state index < -0.39 is 11.6 Å². The van der Waals surface area contributed by atoms with Gasteiger partial charge in [-0.3, -0.25) is 9.59 Å². The topological polar surface area (TPSA) is 77.0 Å². The van der Waals surface area contributed by atoms with Crippen LogP contribution in [0.5, 0.6) is 0 Å². The van der Waals surface area contributed by atoms with Crippen LogP contribution < -0.4 is 5.56 Å². The van der Waals surface area contributed by atoms with E-state index in [1.165, 1.54) is 17.2 Å². The average Bonchev–Trinajstić information content (AvgIpc) is 2.37. The van der Waals surface area contributed by atoms with Gasteiger partial charge in [-0.05, 0) is 30.4 Å². The summed E-state index contributed by atoms with van der Waals surface area (Å²) in [6.07, 6.45) is 3.24. The van der Waals surface area contributed by atoms with E-state index in [0.29, 0.717) is 6.54 Å². The van der Waals surface area contributed by atoms with Crippen LogP contribution in [0, 0.1) is 16.7 Å². The SMILES string of the molecule is CC1(C)CCCN(C(=O)c2ccc[nH]c2=O)C1C#N. The van der Waals surface area contributed by atoms with Gasteiger partial charge in [0, 0.05) is 12.7 Å². The molecule has 1 saturated heterocycles. The molecule has 0 spiro atoms. The van der Waals surface area contributed by atoms with Crippen molar-refractivity contribution in [3.63, 3.8) is 0 Å². The van der Waals surface area contributed by atoms with Gasteiger partial charge >= 0.3 is 0 Å². The van der Waals surface area contributed by atoms with Gasteiger partial charge in [-0.25, -0.2) is 0 Å². The van der Waals surface area contributed by atoms with Gasteiger partial charge in [0.15, 0.2) is 0 Å². The first-order valence-electron chi connectivity index (χ1n) is 6.35. The van der Waals surface area contributed by atoms with E-state index in [1.807, 2.05) is 13.8 Å². The zero-order valence-electron chi connectivity index (χ0n) is 11.1. The van der Waals surface area contributed by atoms with Gasteiger partial charge in [0.05, 0.1) is 6.07 Å². The molecule has 1 fully saturated rings. The van der Waals surface area contributed by atoms with Gasteiger partial charge in [-0.2, -0.15) is 5.26 Å². The van der Waals surface area contributed by atoms with Gasteiger partial charge in [0.1, 0.15) is 11.6 Å². The predicted molar refractivity (Wildman–Crippen MR) is 70.5 cm³/mol. The number of piperidine rings is 1. The summed E-state index contributed by atoms with van der Waals surface area (Å²) in [6.45, 7) is 4.49. The van der Waals surface area contributed by atoms with Crippen LogP contribution in [0.1, 0.15) is 37.0 Å². The molecule has 0 saturated carbocycles. The molecule has 2 heterocycles. The Labute approximate surface area is 111 Å². The molecule has 1 amide bonds. The Morgan fingerprint density at radius 1 is 1.58 bits per heavy atom. The Balaban J connectivity index is 2.36. The first-order valence-corrected chi connectivity index (χ1v) is 6.35. The lowest BCUT2D eigenvalue weighted by atomic mass is 9.77. The van der Waals surface area contributed by atoms with Crippen LogP contribution in [0.3, 0.4) is 0 Å². The van der Waals surface area contributed by atoms with Crippen LogP contribution in [-0.4, -0.2) is 28.4 Å². The molecule has 0 bridgehead atoms. The number of likely N-dealkylation sites (tertiary alicyclic amines) is 1. The molecule has 2 rings (SSSR count). The monoisotopic (exact) mass is 259 g/mol. The van der Waals surface area contributed by atoms with Gasteiger partial charge < -0.3 is 9.88 Å². The van der Waals surface area contributed by atoms with E-state index in [4.69, 9.17) is 0 Å². The van der Waals surface area contributed by atoms with Crippen molar-refractivity contribution in [2.24, 2.45) is 5.41 Å². The Morgan fingerprint density at radius 2 is 2.32 bits per heavy atom. The lowest BCUT2D eigenvalue weighted by Crippen LogP contribution is -2.52. The summed E-state index contributed by atoms with van der Waals surface area (Å²) in [5, 5.41) is 9.33. The molecule has 1 aromatic heterocycles. The van der Waals surface area contributed by atoms with Crippen LogP contribution in [-0.2, 0) is 0 Å². The minimum Gasteiger partial charge on any atom is -0.328 e. The number of hydrogen-bond acceptors (Lipinski definition) is 3. The zero-order chi connectivity index (χ0) is 14.0. The number of pyridine rings is 1. The van der Waals surface area contributed by atoms with Gasteiger partial charge in [0.2, 0.25) is 0 Å². The molecule has 0 aliphatic carbocycles. The smallest absolute Gasteiger partial charge is 0.260 e. The van der Waals surface area contributed by atoms with Crippen LogP contribution in [0.15, 0.2) is 23.1 Å². The maximum atomic E-state index is 12.4. The number of aromatic amines is 1. The number of nitrogens with one attached hydrogen (secondary N) is 1. The highest BCUT2D eigenvalue weighted by Gasteiger charge is 2.40. The van der Waals surface area contributed by atoms with Crippen molar-refractivity contribution in [3.05, 3.63) is 34.2 Å². The quantitative estimate of drug-likeness (QED) is 0.830. The van der Waals surface area contributed by atoms with Crippen molar-refractivity contribution in [3.8, 4) is 6.07 Å². The van der Waals surface area contributed by atoms with E-state index >= 15 is 0 Å². The minimum absolute atomic E-state index is 0.0976. The molecule has 1 unspecified atom stereocenters. The number of rotatable bonds is 1. The normalized spacial score (nSPS) is 21.7. The molecular formula is C14H17N3O2. The fraction of sp³-hybridized carbons (Fsp3) is 0.500. The molecule has 1 aliphatic rings. The van der Waals surface area contributed by atoms with E-state index in [9.17, 15) is 14.9 Å².